The topological polar surface area (TPSA) is 54.0 Å². The molecule has 4 nitrogen and oxygen atoms in total. The Morgan fingerprint density at radius 2 is 1.95 bits per heavy atom. The SMILES string of the molecule is N#Cc1cnn2c(C(F)F)cc(-c3ccccc3)nc12. The molecular formula is C14H8F2N4. The van der Waals surface area contributed by atoms with Crippen molar-refractivity contribution in [2.24, 2.45) is 0 Å². The van der Waals surface area contributed by atoms with Crippen molar-refractivity contribution in [1.82, 2.24) is 14.6 Å². The molecule has 0 bridgehead atoms. The Labute approximate surface area is 112 Å². The largest absolute Gasteiger partial charge is 0.280 e. The van der Waals surface area contributed by atoms with Gasteiger partial charge in [-0.1, -0.05) is 30.3 Å². The third-order valence-electron chi connectivity index (χ3n) is 2.91. The van der Waals surface area contributed by atoms with E-state index >= 15 is 0 Å². The van der Waals surface area contributed by atoms with Gasteiger partial charge >= 0.3 is 0 Å². The van der Waals surface area contributed by atoms with E-state index in [9.17, 15) is 8.78 Å². The molecule has 2 aromatic heterocycles. The molecule has 0 aliphatic rings. The molecule has 0 N–H and O–H groups in total. The van der Waals surface area contributed by atoms with E-state index in [1.807, 2.05) is 12.1 Å². The average molecular weight is 270 g/mol. The number of hydrogen-bond donors (Lipinski definition) is 0. The van der Waals surface area contributed by atoms with E-state index in [0.29, 0.717) is 11.3 Å². The van der Waals surface area contributed by atoms with Crippen molar-refractivity contribution in [3.63, 3.8) is 0 Å². The van der Waals surface area contributed by atoms with Crippen LogP contribution in [0.15, 0.2) is 42.6 Å². The van der Waals surface area contributed by atoms with Gasteiger partial charge in [-0.2, -0.15) is 10.4 Å². The zero-order chi connectivity index (χ0) is 14.1. The summed E-state index contributed by atoms with van der Waals surface area (Å²) in [5.74, 6) is 0. The van der Waals surface area contributed by atoms with Gasteiger partial charge in [-0.3, -0.25) is 0 Å². The minimum atomic E-state index is -2.70. The number of aromatic nitrogens is 3. The molecule has 0 amide bonds. The molecule has 0 fully saturated rings. The van der Waals surface area contributed by atoms with Gasteiger partial charge in [0.15, 0.2) is 5.65 Å². The van der Waals surface area contributed by atoms with Crippen molar-refractivity contribution in [2.75, 3.05) is 0 Å². The fourth-order valence-corrected chi connectivity index (χ4v) is 1.98. The summed E-state index contributed by atoms with van der Waals surface area (Å²) in [7, 11) is 0. The molecule has 0 radical (unpaired) electrons. The smallest absolute Gasteiger partial charge is 0.227 e. The van der Waals surface area contributed by atoms with Gasteiger partial charge in [-0.25, -0.2) is 18.3 Å². The first-order valence-electron chi connectivity index (χ1n) is 5.83. The Hall–Kier alpha value is -2.81. The highest BCUT2D eigenvalue weighted by Gasteiger charge is 2.18. The molecule has 98 valence electrons. The molecule has 0 unspecified atom stereocenters. The summed E-state index contributed by atoms with van der Waals surface area (Å²) in [6.07, 6.45) is -1.46. The number of fused-ring (bicyclic) bond motifs is 1. The molecule has 0 aliphatic carbocycles. The van der Waals surface area contributed by atoms with Crippen LogP contribution in [0.5, 0.6) is 0 Å². The third kappa shape index (κ3) is 1.89. The van der Waals surface area contributed by atoms with Crippen LogP contribution in [0, 0.1) is 11.3 Å². The Kier molecular flexibility index (Phi) is 2.88. The number of alkyl halides is 2. The third-order valence-corrected chi connectivity index (χ3v) is 2.91. The number of hydrogen-bond acceptors (Lipinski definition) is 3. The van der Waals surface area contributed by atoms with Crippen molar-refractivity contribution in [3.05, 3.63) is 53.9 Å². The summed E-state index contributed by atoms with van der Waals surface area (Å²) in [4.78, 5) is 4.26. The van der Waals surface area contributed by atoms with Crippen molar-refractivity contribution < 1.29 is 8.78 Å². The fraction of sp³-hybridized carbons (Fsp3) is 0.0714. The average Bonchev–Trinajstić information content (AvgIpc) is 2.89. The number of nitriles is 1. The molecule has 2 heterocycles. The van der Waals surface area contributed by atoms with Crippen molar-refractivity contribution in [2.45, 2.75) is 6.43 Å². The Balaban J connectivity index is 2.32. The van der Waals surface area contributed by atoms with Crippen LogP contribution in [0.2, 0.25) is 0 Å². The zero-order valence-corrected chi connectivity index (χ0v) is 10.2. The number of nitrogens with zero attached hydrogens (tertiary/aromatic N) is 4. The second-order valence-electron chi connectivity index (χ2n) is 4.14. The molecule has 3 aromatic rings. The van der Waals surface area contributed by atoms with Gasteiger partial charge in [0.1, 0.15) is 17.3 Å². The Morgan fingerprint density at radius 3 is 2.60 bits per heavy atom. The van der Waals surface area contributed by atoms with Gasteiger partial charge < -0.3 is 0 Å². The maximum Gasteiger partial charge on any atom is 0.280 e. The first kappa shape index (κ1) is 12.2. The number of halogens is 2. The molecule has 0 saturated carbocycles. The predicted octanol–water partition coefficient (Wildman–Crippen LogP) is 3.21. The maximum atomic E-state index is 13.1. The van der Waals surface area contributed by atoms with Crippen LogP contribution in [0.25, 0.3) is 16.9 Å². The molecule has 0 aliphatic heterocycles. The summed E-state index contributed by atoms with van der Waals surface area (Å²) < 4.78 is 27.3. The summed E-state index contributed by atoms with van der Waals surface area (Å²) >= 11 is 0. The van der Waals surface area contributed by atoms with Crippen LogP contribution in [-0.2, 0) is 0 Å². The van der Waals surface area contributed by atoms with E-state index in [-0.39, 0.29) is 16.9 Å². The second kappa shape index (κ2) is 4.70. The van der Waals surface area contributed by atoms with Gasteiger partial charge in [0.2, 0.25) is 0 Å². The Morgan fingerprint density at radius 1 is 1.20 bits per heavy atom. The van der Waals surface area contributed by atoms with Gasteiger partial charge in [0, 0.05) is 5.56 Å². The minimum Gasteiger partial charge on any atom is -0.227 e. The van der Waals surface area contributed by atoms with Crippen LogP contribution in [0.4, 0.5) is 8.78 Å². The molecule has 0 spiro atoms. The highest BCUT2D eigenvalue weighted by molar-refractivity contribution is 5.65. The molecule has 0 atom stereocenters. The maximum absolute atomic E-state index is 13.1. The van der Waals surface area contributed by atoms with E-state index in [1.165, 1.54) is 12.3 Å². The van der Waals surface area contributed by atoms with Gasteiger partial charge in [-0.15, -0.1) is 0 Å². The lowest BCUT2D eigenvalue weighted by molar-refractivity contribution is 0.143. The fourth-order valence-electron chi connectivity index (χ4n) is 1.98. The van der Waals surface area contributed by atoms with Crippen LogP contribution in [-0.4, -0.2) is 14.6 Å². The summed E-state index contributed by atoms with van der Waals surface area (Å²) in [5.41, 5.74) is 1.14. The van der Waals surface area contributed by atoms with E-state index in [4.69, 9.17) is 5.26 Å². The molecule has 0 saturated heterocycles. The van der Waals surface area contributed by atoms with Crippen LogP contribution < -0.4 is 0 Å². The first-order chi connectivity index (χ1) is 9.70. The van der Waals surface area contributed by atoms with E-state index in [1.54, 1.807) is 24.3 Å². The standard InChI is InChI=1S/C14H8F2N4/c15-13(16)12-6-11(9-4-2-1-3-5-9)19-14-10(7-17)8-18-20(12)14/h1-6,8,13H. The molecule has 20 heavy (non-hydrogen) atoms. The summed E-state index contributed by atoms with van der Waals surface area (Å²) in [6, 6.07) is 12.2. The van der Waals surface area contributed by atoms with Crippen molar-refractivity contribution in [1.29, 1.82) is 5.26 Å². The minimum absolute atomic E-state index is 0.143. The lowest BCUT2D eigenvalue weighted by Crippen LogP contribution is -2.02. The van der Waals surface area contributed by atoms with E-state index in [0.717, 1.165) is 4.52 Å². The normalized spacial score (nSPS) is 10.9. The first-order valence-corrected chi connectivity index (χ1v) is 5.83. The highest BCUT2D eigenvalue weighted by atomic mass is 19.3. The summed E-state index contributed by atoms with van der Waals surface area (Å²) in [6.45, 7) is 0. The zero-order valence-electron chi connectivity index (χ0n) is 10.2. The van der Waals surface area contributed by atoms with Crippen LogP contribution >= 0.6 is 0 Å². The van der Waals surface area contributed by atoms with Crippen LogP contribution in [0.1, 0.15) is 17.7 Å². The van der Waals surface area contributed by atoms with Gasteiger partial charge in [0.25, 0.3) is 6.43 Å². The molecule has 3 rings (SSSR count). The summed E-state index contributed by atoms with van der Waals surface area (Å²) in [5, 5.41) is 12.8. The lowest BCUT2D eigenvalue weighted by Gasteiger charge is -2.07. The molecular weight excluding hydrogens is 262 g/mol. The molecule has 6 heteroatoms. The number of benzene rings is 1. The number of rotatable bonds is 2. The van der Waals surface area contributed by atoms with E-state index < -0.39 is 6.43 Å². The lowest BCUT2D eigenvalue weighted by atomic mass is 10.1. The second-order valence-corrected chi connectivity index (χ2v) is 4.14. The van der Waals surface area contributed by atoms with Gasteiger partial charge in [-0.05, 0) is 6.07 Å². The van der Waals surface area contributed by atoms with Crippen LogP contribution in [0.3, 0.4) is 0 Å². The quantitative estimate of drug-likeness (QED) is 0.718. The van der Waals surface area contributed by atoms with E-state index in [2.05, 4.69) is 10.1 Å². The van der Waals surface area contributed by atoms with Crippen molar-refractivity contribution >= 4 is 5.65 Å². The monoisotopic (exact) mass is 270 g/mol. The highest BCUT2D eigenvalue weighted by Crippen LogP contribution is 2.26. The predicted molar refractivity (Wildman–Crippen MR) is 68.1 cm³/mol. The van der Waals surface area contributed by atoms with Crippen molar-refractivity contribution in [3.8, 4) is 17.3 Å². The van der Waals surface area contributed by atoms with Gasteiger partial charge in [0.05, 0.1) is 11.9 Å². The Bertz CT molecular complexity index is 803. The molecule has 1 aromatic carbocycles.